The molecular weight excluding hydrogens is 230 g/mol. The van der Waals surface area contributed by atoms with Crippen LogP contribution in [0.2, 0.25) is 0 Å². The van der Waals surface area contributed by atoms with E-state index in [1.165, 1.54) is 5.69 Å². The van der Waals surface area contributed by atoms with Crippen LogP contribution in [0.3, 0.4) is 0 Å². The fourth-order valence-corrected chi connectivity index (χ4v) is 2.13. The summed E-state index contributed by atoms with van der Waals surface area (Å²) >= 11 is 0. The second kappa shape index (κ2) is 5.62. The highest BCUT2D eigenvalue weighted by molar-refractivity contribution is 5.66. The van der Waals surface area contributed by atoms with Crippen LogP contribution in [0.5, 0.6) is 0 Å². The van der Waals surface area contributed by atoms with Crippen LogP contribution in [-0.2, 0) is 4.74 Å². The number of alkyl carbamates (subject to hydrolysis) is 1. The molecule has 1 aliphatic rings. The number of nitrogens with one attached hydrogen (secondary N) is 1. The maximum Gasteiger partial charge on any atom is 0.407 e. The summed E-state index contributed by atoms with van der Waals surface area (Å²) in [5, 5.41) is 2.47. The number of ether oxygens (including phenoxy) is 1. The molecule has 0 spiro atoms. The van der Waals surface area contributed by atoms with Crippen LogP contribution in [0.25, 0.3) is 0 Å². The van der Waals surface area contributed by atoms with Crippen molar-refractivity contribution >= 4 is 17.5 Å². The van der Waals surface area contributed by atoms with E-state index in [0.717, 1.165) is 31.6 Å². The van der Waals surface area contributed by atoms with Gasteiger partial charge >= 0.3 is 6.09 Å². The van der Waals surface area contributed by atoms with E-state index in [-0.39, 0.29) is 12.2 Å². The zero-order chi connectivity index (χ0) is 13.0. The number of carbonyl (C=O) groups is 1. The normalized spacial score (nSPS) is 16.4. The summed E-state index contributed by atoms with van der Waals surface area (Å²) in [7, 11) is 1.58. The minimum atomic E-state index is -0.346. The first-order chi connectivity index (χ1) is 8.69. The van der Waals surface area contributed by atoms with Gasteiger partial charge in [0, 0.05) is 44.4 Å². The Bertz CT molecular complexity index is 397. The van der Waals surface area contributed by atoms with Gasteiger partial charge in [-0.3, -0.25) is 0 Å². The van der Waals surface area contributed by atoms with Gasteiger partial charge < -0.3 is 20.7 Å². The Hall–Kier alpha value is -1.91. The van der Waals surface area contributed by atoms with Gasteiger partial charge in [0.1, 0.15) is 6.10 Å². The molecule has 0 unspecified atom stereocenters. The average Bonchev–Trinajstić information content (AvgIpc) is 2.40. The molecule has 98 valence electrons. The van der Waals surface area contributed by atoms with Crippen molar-refractivity contribution in [2.75, 3.05) is 30.8 Å². The smallest absolute Gasteiger partial charge is 0.407 e. The van der Waals surface area contributed by atoms with E-state index in [0.29, 0.717) is 0 Å². The third-order valence-electron chi connectivity index (χ3n) is 3.18. The molecule has 0 radical (unpaired) electrons. The molecule has 1 saturated heterocycles. The fourth-order valence-electron chi connectivity index (χ4n) is 2.13. The van der Waals surface area contributed by atoms with E-state index in [9.17, 15) is 4.79 Å². The highest BCUT2D eigenvalue weighted by Gasteiger charge is 2.21. The first-order valence-electron chi connectivity index (χ1n) is 6.18. The zero-order valence-electron chi connectivity index (χ0n) is 10.6. The quantitative estimate of drug-likeness (QED) is 0.781. The van der Waals surface area contributed by atoms with Gasteiger partial charge in [0.05, 0.1) is 0 Å². The number of amides is 1. The van der Waals surface area contributed by atoms with Crippen LogP contribution in [0.4, 0.5) is 16.2 Å². The summed E-state index contributed by atoms with van der Waals surface area (Å²) in [5.74, 6) is 0. The maximum absolute atomic E-state index is 11.1. The second-order valence-electron chi connectivity index (χ2n) is 4.43. The van der Waals surface area contributed by atoms with Crippen molar-refractivity contribution in [1.29, 1.82) is 0 Å². The molecular formula is C13H19N3O2. The molecule has 1 amide bonds. The van der Waals surface area contributed by atoms with Crippen LogP contribution >= 0.6 is 0 Å². The SMILES string of the molecule is CNC(=O)OC1CCN(c2ccc(N)cc2)CC1. The lowest BCUT2D eigenvalue weighted by Gasteiger charge is -2.33. The van der Waals surface area contributed by atoms with E-state index >= 15 is 0 Å². The highest BCUT2D eigenvalue weighted by atomic mass is 16.6. The number of benzene rings is 1. The Kier molecular flexibility index (Phi) is 3.92. The topological polar surface area (TPSA) is 67.6 Å². The minimum absolute atomic E-state index is 0.0231. The molecule has 0 bridgehead atoms. The Morgan fingerprint density at radius 1 is 1.33 bits per heavy atom. The Morgan fingerprint density at radius 3 is 2.50 bits per heavy atom. The lowest BCUT2D eigenvalue weighted by molar-refractivity contribution is 0.0849. The Balaban J connectivity index is 1.86. The molecule has 5 nitrogen and oxygen atoms in total. The summed E-state index contributed by atoms with van der Waals surface area (Å²) in [6.45, 7) is 1.79. The van der Waals surface area contributed by atoms with Crippen molar-refractivity contribution in [1.82, 2.24) is 5.32 Å². The summed E-state index contributed by atoms with van der Waals surface area (Å²) in [4.78, 5) is 13.4. The largest absolute Gasteiger partial charge is 0.446 e. The van der Waals surface area contributed by atoms with E-state index < -0.39 is 0 Å². The van der Waals surface area contributed by atoms with Gasteiger partial charge in [-0.1, -0.05) is 0 Å². The molecule has 1 aliphatic heterocycles. The lowest BCUT2D eigenvalue weighted by Crippen LogP contribution is -2.39. The van der Waals surface area contributed by atoms with Gasteiger partial charge in [0.25, 0.3) is 0 Å². The zero-order valence-corrected chi connectivity index (χ0v) is 10.6. The average molecular weight is 249 g/mol. The molecule has 1 aromatic rings. The summed E-state index contributed by atoms with van der Waals surface area (Å²) in [6.07, 6.45) is 1.39. The third kappa shape index (κ3) is 3.06. The molecule has 0 aliphatic carbocycles. The summed E-state index contributed by atoms with van der Waals surface area (Å²) in [6, 6.07) is 7.86. The predicted molar refractivity (Wildman–Crippen MR) is 71.6 cm³/mol. The van der Waals surface area contributed by atoms with Gasteiger partial charge in [0.15, 0.2) is 0 Å². The molecule has 0 aromatic heterocycles. The third-order valence-corrected chi connectivity index (χ3v) is 3.18. The minimum Gasteiger partial charge on any atom is -0.446 e. The number of hydrogen-bond donors (Lipinski definition) is 2. The molecule has 1 aromatic carbocycles. The van der Waals surface area contributed by atoms with Gasteiger partial charge in [-0.2, -0.15) is 0 Å². The number of nitrogen functional groups attached to an aromatic ring is 1. The van der Waals surface area contributed by atoms with E-state index in [1.54, 1.807) is 7.05 Å². The lowest BCUT2D eigenvalue weighted by atomic mass is 10.1. The Morgan fingerprint density at radius 2 is 1.94 bits per heavy atom. The monoisotopic (exact) mass is 249 g/mol. The number of hydrogen-bond acceptors (Lipinski definition) is 4. The summed E-state index contributed by atoms with van der Waals surface area (Å²) in [5.41, 5.74) is 7.61. The predicted octanol–water partition coefficient (Wildman–Crippen LogP) is 1.59. The summed E-state index contributed by atoms with van der Waals surface area (Å²) < 4.78 is 5.25. The van der Waals surface area contributed by atoms with Crippen molar-refractivity contribution in [2.45, 2.75) is 18.9 Å². The molecule has 0 saturated carbocycles. The highest BCUT2D eigenvalue weighted by Crippen LogP contribution is 2.22. The number of nitrogens with two attached hydrogens (primary N) is 1. The van der Waals surface area contributed by atoms with Crippen molar-refractivity contribution in [2.24, 2.45) is 0 Å². The van der Waals surface area contributed by atoms with Crippen molar-refractivity contribution in [3.05, 3.63) is 24.3 Å². The fraction of sp³-hybridized carbons (Fsp3) is 0.462. The van der Waals surface area contributed by atoms with Gasteiger partial charge in [-0.15, -0.1) is 0 Å². The van der Waals surface area contributed by atoms with E-state index in [4.69, 9.17) is 10.5 Å². The van der Waals surface area contributed by atoms with Crippen LogP contribution in [0, 0.1) is 0 Å². The van der Waals surface area contributed by atoms with Crippen molar-refractivity contribution < 1.29 is 9.53 Å². The van der Waals surface area contributed by atoms with Crippen molar-refractivity contribution in [3.63, 3.8) is 0 Å². The maximum atomic E-state index is 11.1. The van der Waals surface area contributed by atoms with Gasteiger partial charge in [0.2, 0.25) is 0 Å². The molecule has 3 N–H and O–H groups in total. The number of carbonyl (C=O) groups excluding carboxylic acids is 1. The molecule has 0 atom stereocenters. The van der Waals surface area contributed by atoms with Crippen LogP contribution < -0.4 is 16.0 Å². The van der Waals surface area contributed by atoms with Gasteiger partial charge in [-0.05, 0) is 24.3 Å². The Labute approximate surface area is 107 Å². The van der Waals surface area contributed by atoms with Crippen LogP contribution in [-0.4, -0.2) is 32.3 Å². The molecule has 5 heteroatoms. The van der Waals surface area contributed by atoms with Gasteiger partial charge in [-0.25, -0.2) is 4.79 Å². The molecule has 1 heterocycles. The molecule has 18 heavy (non-hydrogen) atoms. The number of rotatable bonds is 2. The number of anilines is 2. The van der Waals surface area contributed by atoms with E-state index in [2.05, 4.69) is 10.2 Å². The molecule has 1 fully saturated rings. The van der Waals surface area contributed by atoms with Crippen LogP contribution in [0.15, 0.2) is 24.3 Å². The standard InChI is InChI=1S/C13H19N3O2/c1-15-13(17)18-12-6-8-16(9-7-12)11-4-2-10(14)3-5-11/h2-5,12H,6-9,14H2,1H3,(H,15,17). The second-order valence-corrected chi connectivity index (χ2v) is 4.43. The number of nitrogens with zero attached hydrogens (tertiary/aromatic N) is 1. The number of piperidine rings is 1. The first kappa shape index (κ1) is 12.5. The van der Waals surface area contributed by atoms with Crippen LogP contribution in [0.1, 0.15) is 12.8 Å². The molecule has 2 rings (SSSR count). The first-order valence-corrected chi connectivity index (χ1v) is 6.18. The van der Waals surface area contributed by atoms with Crippen molar-refractivity contribution in [3.8, 4) is 0 Å². The van der Waals surface area contributed by atoms with E-state index in [1.807, 2.05) is 24.3 Å².